The van der Waals surface area contributed by atoms with Crippen molar-refractivity contribution in [2.24, 2.45) is 0 Å². The van der Waals surface area contributed by atoms with Crippen molar-refractivity contribution in [2.45, 2.75) is 79.1 Å². The molecule has 1 saturated heterocycles. The standard InChI is InChI=1S/C31H52N4O11/c1-29(2,3)44-26(41)22(36)18-32-10-12-33(19-23(37)27(42)45-30(4,5)6)14-16-35(21-25(39)40)17-15-34(13-11-32)20-24(38)28(43)46-31(7,8)9/h10-21H2,1-9H3,(H,39,40). The number of carboxylic acids is 1. The van der Waals surface area contributed by atoms with Crippen LogP contribution in [0.25, 0.3) is 0 Å². The number of carbonyl (C=O) groups is 7. The molecule has 1 aliphatic rings. The maximum atomic E-state index is 12.8. The van der Waals surface area contributed by atoms with Crippen LogP contribution in [0.2, 0.25) is 0 Å². The number of esters is 3. The van der Waals surface area contributed by atoms with Crippen molar-refractivity contribution < 1.29 is 52.9 Å². The second-order valence-electron chi connectivity index (χ2n) is 14.3. The predicted molar refractivity (Wildman–Crippen MR) is 166 cm³/mol. The van der Waals surface area contributed by atoms with E-state index in [9.17, 15) is 38.7 Å². The van der Waals surface area contributed by atoms with E-state index in [1.54, 1.807) is 81.9 Å². The highest BCUT2D eigenvalue weighted by Crippen LogP contribution is 2.11. The predicted octanol–water partition coefficient (Wildman–Crippen LogP) is 0.0250. The number of Topliss-reactive ketones (excluding diaryl/α,β-unsaturated/α-hetero) is 3. The lowest BCUT2D eigenvalue weighted by Crippen LogP contribution is -2.50. The van der Waals surface area contributed by atoms with Crippen LogP contribution >= 0.6 is 0 Å². The largest absolute Gasteiger partial charge is 0.480 e. The summed E-state index contributed by atoms with van der Waals surface area (Å²) in [6.45, 7) is 15.0. The minimum absolute atomic E-state index is 0.170. The molecule has 46 heavy (non-hydrogen) atoms. The molecule has 0 unspecified atom stereocenters. The fraction of sp³-hybridized carbons (Fsp3) is 0.774. The van der Waals surface area contributed by atoms with Gasteiger partial charge in [0, 0.05) is 52.4 Å². The molecule has 0 radical (unpaired) electrons. The average molecular weight is 657 g/mol. The molecule has 15 nitrogen and oxygen atoms in total. The Kier molecular flexibility index (Phi) is 15.6. The molecule has 1 fully saturated rings. The molecule has 1 rings (SSSR count). The van der Waals surface area contributed by atoms with E-state index < -0.39 is 58.0 Å². The zero-order chi connectivity index (χ0) is 35.5. The summed E-state index contributed by atoms with van der Waals surface area (Å²) in [6, 6.07) is 0. The molecule has 1 heterocycles. The molecule has 262 valence electrons. The van der Waals surface area contributed by atoms with E-state index in [0.717, 1.165) is 0 Å². The van der Waals surface area contributed by atoms with Gasteiger partial charge in [-0.1, -0.05) is 0 Å². The summed E-state index contributed by atoms with van der Waals surface area (Å²) in [5, 5.41) is 9.50. The maximum absolute atomic E-state index is 12.8. The van der Waals surface area contributed by atoms with Crippen LogP contribution in [0, 0.1) is 0 Å². The molecule has 0 aliphatic carbocycles. The van der Waals surface area contributed by atoms with Crippen LogP contribution in [0.4, 0.5) is 0 Å². The van der Waals surface area contributed by atoms with Gasteiger partial charge in [0.15, 0.2) is 0 Å². The van der Waals surface area contributed by atoms with Gasteiger partial charge in [-0.05, 0) is 62.3 Å². The number of carbonyl (C=O) groups excluding carboxylic acids is 6. The SMILES string of the molecule is CC(C)(C)OC(=O)C(=O)CN1CCN(CC(=O)O)CCN(CC(=O)C(=O)OC(C)(C)C)CCN(CC(=O)C(=O)OC(C)(C)C)CC1. The highest BCUT2D eigenvalue weighted by atomic mass is 16.6. The molecule has 0 atom stereocenters. The molecule has 15 heteroatoms. The lowest BCUT2D eigenvalue weighted by molar-refractivity contribution is -0.163. The maximum Gasteiger partial charge on any atom is 0.376 e. The Morgan fingerprint density at radius 1 is 0.435 bits per heavy atom. The highest BCUT2D eigenvalue weighted by Gasteiger charge is 2.29. The van der Waals surface area contributed by atoms with Crippen LogP contribution in [0.3, 0.4) is 0 Å². The van der Waals surface area contributed by atoms with E-state index in [-0.39, 0.29) is 78.5 Å². The van der Waals surface area contributed by atoms with Gasteiger partial charge in [-0.2, -0.15) is 0 Å². The second kappa shape index (κ2) is 17.6. The van der Waals surface area contributed by atoms with Crippen LogP contribution < -0.4 is 0 Å². The third kappa shape index (κ3) is 18.0. The number of hydrogen-bond donors (Lipinski definition) is 1. The van der Waals surface area contributed by atoms with Crippen molar-refractivity contribution in [3.8, 4) is 0 Å². The van der Waals surface area contributed by atoms with E-state index in [2.05, 4.69) is 0 Å². The van der Waals surface area contributed by atoms with E-state index in [0.29, 0.717) is 0 Å². The summed E-state index contributed by atoms with van der Waals surface area (Å²) >= 11 is 0. The number of nitrogens with zero attached hydrogens (tertiary/aromatic N) is 4. The van der Waals surface area contributed by atoms with Crippen LogP contribution in [-0.4, -0.2) is 161 Å². The quantitative estimate of drug-likeness (QED) is 0.179. The molecule has 0 spiro atoms. The summed E-state index contributed by atoms with van der Waals surface area (Å²) in [5.41, 5.74) is -2.63. The highest BCUT2D eigenvalue weighted by molar-refractivity contribution is 6.35. The minimum Gasteiger partial charge on any atom is -0.480 e. The Hall–Kier alpha value is -3.27. The fourth-order valence-electron chi connectivity index (χ4n) is 4.21. The number of aliphatic carboxylic acids is 1. The van der Waals surface area contributed by atoms with Crippen molar-refractivity contribution in [1.29, 1.82) is 0 Å². The molecule has 0 bridgehead atoms. The van der Waals surface area contributed by atoms with Crippen molar-refractivity contribution >= 4 is 41.2 Å². The van der Waals surface area contributed by atoms with Gasteiger partial charge in [0.05, 0.1) is 26.2 Å². The smallest absolute Gasteiger partial charge is 0.376 e. The topological polar surface area (TPSA) is 180 Å². The van der Waals surface area contributed by atoms with Crippen LogP contribution in [0.5, 0.6) is 0 Å². The van der Waals surface area contributed by atoms with Gasteiger partial charge in [0.25, 0.3) is 17.3 Å². The van der Waals surface area contributed by atoms with Gasteiger partial charge in [0.1, 0.15) is 16.8 Å². The molecular weight excluding hydrogens is 604 g/mol. The van der Waals surface area contributed by atoms with Gasteiger partial charge >= 0.3 is 23.9 Å². The molecule has 0 aromatic heterocycles. The lowest BCUT2D eigenvalue weighted by Gasteiger charge is -2.33. The first-order valence-corrected chi connectivity index (χ1v) is 15.3. The zero-order valence-electron chi connectivity index (χ0n) is 28.8. The second-order valence-corrected chi connectivity index (χ2v) is 14.3. The van der Waals surface area contributed by atoms with Gasteiger partial charge in [-0.15, -0.1) is 0 Å². The van der Waals surface area contributed by atoms with Crippen molar-refractivity contribution in [1.82, 2.24) is 19.6 Å². The van der Waals surface area contributed by atoms with Gasteiger partial charge in [0.2, 0.25) is 0 Å². The summed E-state index contributed by atoms with van der Waals surface area (Å²) in [6.07, 6.45) is 0. The van der Waals surface area contributed by atoms with Crippen molar-refractivity contribution in [3.63, 3.8) is 0 Å². The molecule has 0 aromatic rings. The number of hydrogen-bond acceptors (Lipinski definition) is 14. The zero-order valence-corrected chi connectivity index (χ0v) is 28.8. The summed E-state index contributed by atoms with van der Waals surface area (Å²) < 4.78 is 15.6. The Labute approximate surface area is 271 Å². The average Bonchev–Trinajstić information content (AvgIpc) is 2.86. The Balaban J connectivity index is 3.26. The first kappa shape index (κ1) is 40.8. The summed E-state index contributed by atoms with van der Waals surface area (Å²) in [4.78, 5) is 93.9. The first-order valence-electron chi connectivity index (χ1n) is 15.3. The van der Waals surface area contributed by atoms with E-state index in [1.807, 2.05) is 0 Å². The van der Waals surface area contributed by atoms with Crippen LogP contribution in [0.1, 0.15) is 62.3 Å². The van der Waals surface area contributed by atoms with Crippen molar-refractivity contribution in [3.05, 3.63) is 0 Å². The monoisotopic (exact) mass is 656 g/mol. The molecular formula is C31H52N4O11. The summed E-state index contributed by atoms with van der Waals surface area (Å²) in [5.74, 6) is -6.43. The third-order valence-electron chi connectivity index (χ3n) is 6.27. The number of carboxylic acid groups (broad SMARTS) is 1. The number of ketones is 3. The normalized spacial score (nSPS) is 17.2. The van der Waals surface area contributed by atoms with Gasteiger partial charge in [-0.3, -0.25) is 38.8 Å². The Bertz CT molecular complexity index is 1060. The third-order valence-corrected chi connectivity index (χ3v) is 6.27. The Morgan fingerprint density at radius 3 is 0.804 bits per heavy atom. The molecule has 1 N–H and O–H groups in total. The lowest BCUT2D eigenvalue weighted by atomic mass is 10.2. The van der Waals surface area contributed by atoms with E-state index >= 15 is 0 Å². The fourth-order valence-corrected chi connectivity index (χ4v) is 4.21. The van der Waals surface area contributed by atoms with E-state index in [4.69, 9.17) is 14.2 Å². The Morgan fingerprint density at radius 2 is 0.630 bits per heavy atom. The number of rotatable bonds is 11. The molecule has 0 saturated carbocycles. The van der Waals surface area contributed by atoms with Crippen molar-refractivity contribution in [2.75, 3.05) is 78.5 Å². The van der Waals surface area contributed by atoms with E-state index in [1.165, 1.54) is 0 Å². The summed E-state index contributed by atoms with van der Waals surface area (Å²) in [7, 11) is 0. The minimum atomic E-state index is -1.08. The number of ether oxygens (including phenoxy) is 3. The van der Waals surface area contributed by atoms with Gasteiger partial charge < -0.3 is 19.3 Å². The van der Waals surface area contributed by atoms with Gasteiger partial charge in [-0.25, -0.2) is 14.4 Å². The van der Waals surface area contributed by atoms with Crippen LogP contribution in [0.15, 0.2) is 0 Å². The molecule has 0 amide bonds. The molecule has 1 aliphatic heterocycles. The molecule has 0 aromatic carbocycles. The van der Waals surface area contributed by atoms with Crippen LogP contribution in [-0.2, 0) is 47.8 Å². The first-order chi connectivity index (χ1) is 20.9.